The van der Waals surface area contributed by atoms with Gasteiger partial charge in [0.2, 0.25) is 0 Å². The van der Waals surface area contributed by atoms with Crippen LogP contribution < -0.4 is 4.90 Å². The van der Waals surface area contributed by atoms with E-state index in [1.54, 1.807) is 0 Å². The Labute approximate surface area is 373 Å². The molecule has 1 heterocycles. The Bertz CT molecular complexity index is 3510. The monoisotopic (exact) mass is 817 g/mol. The third-order valence-corrected chi connectivity index (χ3v) is 14.6. The molecule has 1 aromatic heterocycles. The van der Waals surface area contributed by atoms with Crippen LogP contribution in [0.5, 0.6) is 0 Å². The first kappa shape index (κ1) is 36.7. The van der Waals surface area contributed by atoms with Crippen molar-refractivity contribution in [2.45, 2.75) is 24.7 Å². The van der Waals surface area contributed by atoms with E-state index in [1.165, 1.54) is 61.0 Å². The van der Waals surface area contributed by atoms with Crippen LogP contribution in [-0.4, -0.2) is 0 Å². The summed E-state index contributed by atoms with van der Waals surface area (Å²) in [5.41, 5.74) is 19.7. The Morgan fingerprint density at radius 2 is 0.859 bits per heavy atom. The van der Waals surface area contributed by atoms with E-state index in [0.29, 0.717) is 0 Å². The third-order valence-electron chi connectivity index (χ3n) is 14.6. The zero-order chi connectivity index (χ0) is 42.6. The van der Waals surface area contributed by atoms with Crippen LogP contribution in [0, 0.1) is 0 Å². The zero-order valence-electron chi connectivity index (χ0n) is 35.7. The van der Waals surface area contributed by atoms with Crippen molar-refractivity contribution < 1.29 is 4.42 Å². The van der Waals surface area contributed by atoms with Crippen LogP contribution in [0.25, 0.3) is 66.1 Å². The molecular formula is C62H43NO. The summed E-state index contributed by atoms with van der Waals surface area (Å²) in [5, 5.41) is 4.54. The minimum absolute atomic E-state index is 0.357. The number of furan rings is 1. The first-order valence-corrected chi connectivity index (χ1v) is 22.3. The first-order valence-electron chi connectivity index (χ1n) is 22.3. The van der Waals surface area contributed by atoms with Gasteiger partial charge in [-0.15, -0.1) is 0 Å². The molecule has 2 aliphatic rings. The van der Waals surface area contributed by atoms with E-state index in [2.05, 4.69) is 243 Å². The number of nitrogens with zero attached hydrogens (tertiary/aromatic N) is 1. The maximum atomic E-state index is 6.78. The number of hydrogen-bond donors (Lipinski definition) is 0. The molecule has 2 nitrogen and oxygen atoms in total. The second-order valence-electron chi connectivity index (χ2n) is 17.8. The highest BCUT2D eigenvalue weighted by Crippen LogP contribution is 2.57. The van der Waals surface area contributed by atoms with Crippen molar-refractivity contribution in [3.8, 4) is 33.4 Å². The van der Waals surface area contributed by atoms with E-state index in [-0.39, 0.29) is 10.8 Å². The normalized spacial score (nSPS) is 17.0. The Hall–Kier alpha value is -7.94. The van der Waals surface area contributed by atoms with E-state index < -0.39 is 0 Å². The van der Waals surface area contributed by atoms with Gasteiger partial charge in [-0.05, 0) is 123 Å². The molecule has 2 atom stereocenters. The van der Waals surface area contributed by atoms with E-state index in [1.807, 2.05) is 0 Å². The van der Waals surface area contributed by atoms with Crippen molar-refractivity contribution in [2.75, 3.05) is 4.90 Å². The van der Waals surface area contributed by atoms with Crippen molar-refractivity contribution in [3.05, 3.63) is 258 Å². The predicted molar refractivity (Wildman–Crippen MR) is 266 cm³/mol. The van der Waals surface area contributed by atoms with Crippen molar-refractivity contribution in [1.29, 1.82) is 0 Å². The molecule has 2 aliphatic carbocycles. The van der Waals surface area contributed by atoms with Gasteiger partial charge in [0.25, 0.3) is 0 Å². The molecule has 0 N–H and O–H groups in total. The Morgan fingerprint density at radius 3 is 1.48 bits per heavy atom. The quantitative estimate of drug-likeness (QED) is 0.166. The Balaban J connectivity index is 1.08. The number of hydrogen-bond acceptors (Lipinski definition) is 2. The summed E-state index contributed by atoms with van der Waals surface area (Å²) < 4.78 is 6.78. The van der Waals surface area contributed by atoms with Gasteiger partial charge in [0.1, 0.15) is 11.2 Å². The fraction of sp³-hybridized carbons (Fsp3) is 0.0645. The molecule has 64 heavy (non-hydrogen) atoms. The van der Waals surface area contributed by atoms with Crippen LogP contribution in [0.3, 0.4) is 0 Å². The largest absolute Gasteiger partial charge is 0.455 e. The van der Waals surface area contributed by atoms with Crippen LogP contribution in [0.2, 0.25) is 0 Å². The second-order valence-corrected chi connectivity index (χ2v) is 17.8. The lowest BCUT2D eigenvalue weighted by Gasteiger charge is -2.33. The highest BCUT2D eigenvalue weighted by Gasteiger charge is 2.43. The van der Waals surface area contributed by atoms with Gasteiger partial charge in [-0.1, -0.05) is 182 Å². The third kappa shape index (κ3) is 5.08. The Morgan fingerprint density at radius 1 is 0.359 bits per heavy atom. The average Bonchev–Trinajstić information content (AvgIpc) is 3.97. The number of para-hydroxylation sites is 1. The molecule has 0 aliphatic heterocycles. The summed E-state index contributed by atoms with van der Waals surface area (Å²) in [7, 11) is 0. The van der Waals surface area contributed by atoms with Crippen molar-refractivity contribution >= 4 is 49.8 Å². The molecule has 302 valence electrons. The molecule has 0 spiro atoms. The molecule has 0 saturated heterocycles. The molecular weight excluding hydrogens is 775 g/mol. The van der Waals surface area contributed by atoms with Crippen molar-refractivity contribution in [3.63, 3.8) is 0 Å². The minimum Gasteiger partial charge on any atom is -0.455 e. The number of rotatable bonds is 6. The van der Waals surface area contributed by atoms with Crippen LogP contribution >= 0.6 is 0 Å². The number of benzene rings is 10. The van der Waals surface area contributed by atoms with Gasteiger partial charge in [-0.3, -0.25) is 0 Å². The molecule has 2 unspecified atom stereocenters. The molecule has 0 radical (unpaired) electrons. The van der Waals surface area contributed by atoms with Gasteiger partial charge in [-0.25, -0.2) is 0 Å². The van der Waals surface area contributed by atoms with Crippen LogP contribution in [0.1, 0.15) is 47.2 Å². The summed E-state index contributed by atoms with van der Waals surface area (Å²) >= 11 is 0. The van der Waals surface area contributed by atoms with Gasteiger partial charge in [0.05, 0.1) is 5.69 Å². The van der Waals surface area contributed by atoms with Crippen molar-refractivity contribution in [1.82, 2.24) is 0 Å². The predicted octanol–water partition coefficient (Wildman–Crippen LogP) is 16.5. The summed E-state index contributed by atoms with van der Waals surface area (Å²) in [4.78, 5) is 2.51. The zero-order valence-corrected chi connectivity index (χ0v) is 35.7. The topological polar surface area (TPSA) is 16.4 Å². The summed E-state index contributed by atoms with van der Waals surface area (Å²) in [5.74, 6) is 0. The van der Waals surface area contributed by atoms with E-state index in [0.717, 1.165) is 55.5 Å². The highest BCUT2D eigenvalue weighted by molar-refractivity contribution is 6.19. The van der Waals surface area contributed by atoms with E-state index in [4.69, 9.17) is 4.42 Å². The molecule has 10 aromatic carbocycles. The summed E-state index contributed by atoms with van der Waals surface area (Å²) in [6.07, 6.45) is 0. The Kier molecular flexibility index (Phi) is 7.90. The second kappa shape index (κ2) is 13.8. The molecule has 11 aromatic rings. The van der Waals surface area contributed by atoms with Crippen LogP contribution in [0.15, 0.2) is 229 Å². The van der Waals surface area contributed by atoms with E-state index in [9.17, 15) is 0 Å². The van der Waals surface area contributed by atoms with E-state index >= 15 is 0 Å². The molecule has 2 heteroatoms. The number of fused-ring (bicyclic) bond motifs is 11. The smallest absolute Gasteiger partial charge is 0.143 e. The molecule has 0 amide bonds. The lowest BCUT2D eigenvalue weighted by molar-refractivity contribution is 0.673. The van der Waals surface area contributed by atoms with Crippen LogP contribution in [0.4, 0.5) is 17.1 Å². The lowest BCUT2D eigenvalue weighted by Crippen LogP contribution is -2.23. The number of anilines is 3. The molecule has 0 bridgehead atoms. The summed E-state index contributed by atoms with van der Waals surface area (Å²) in [6.45, 7) is 4.81. The van der Waals surface area contributed by atoms with Crippen LogP contribution in [-0.2, 0) is 10.8 Å². The maximum absolute atomic E-state index is 6.78. The van der Waals surface area contributed by atoms with Gasteiger partial charge in [0, 0.05) is 43.9 Å². The van der Waals surface area contributed by atoms with Crippen molar-refractivity contribution in [2.24, 2.45) is 0 Å². The molecule has 13 rings (SSSR count). The molecule has 0 saturated carbocycles. The summed E-state index contributed by atoms with van der Waals surface area (Å²) in [6, 6.07) is 82.7. The fourth-order valence-electron chi connectivity index (χ4n) is 11.5. The maximum Gasteiger partial charge on any atom is 0.143 e. The fourth-order valence-corrected chi connectivity index (χ4v) is 11.5. The minimum atomic E-state index is -0.357. The lowest BCUT2D eigenvalue weighted by atomic mass is 9.74. The first-order chi connectivity index (χ1) is 31.5. The van der Waals surface area contributed by atoms with Gasteiger partial charge < -0.3 is 9.32 Å². The molecule has 0 fully saturated rings. The SMILES string of the molecule is CC1(c2ccccc2)c2ccccc2-c2ccc(N(c3ccc4c(c3)C(C)(c3ccccc3)c3ccccc3-4)c3ccccc3-c3cccc4oc5c6ccccc6ccc5c34)cc21. The van der Waals surface area contributed by atoms with Gasteiger partial charge in [-0.2, -0.15) is 0 Å². The van der Waals surface area contributed by atoms with Gasteiger partial charge >= 0.3 is 0 Å². The average molecular weight is 818 g/mol. The highest BCUT2D eigenvalue weighted by atomic mass is 16.3. The van der Waals surface area contributed by atoms with Gasteiger partial charge in [0.15, 0.2) is 0 Å². The standard InChI is InChI=1S/C62H43NO/c1-61(41-19-5-3-6-20-41)53-28-14-11-24-46(53)48-36-33-43(38-55(48)61)63(44-34-37-49-47-25-12-15-29-54(47)62(2,56(49)39-44)42-21-7-4-8-22-42)57-30-16-13-26-50(57)51-27-17-31-58-59(51)52-35-32-40-18-9-10-23-45(40)60(52)64-58/h3-39H,1-2H3.